The highest BCUT2D eigenvalue weighted by Crippen LogP contribution is 2.34. The van der Waals surface area contributed by atoms with Crippen LogP contribution in [-0.4, -0.2) is 24.5 Å². The molecular weight excluding hydrogens is 319 g/mol. The molecule has 0 amide bonds. The number of rotatable bonds is 4. The summed E-state index contributed by atoms with van der Waals surface area (Å²) < 4.78 is 14.5. The first-order chi connectivity index (χ1) is 9.54. The maximum absolute atomic E-state index is 13.5. The van der Waals surface area contributed by atoms with Gasteiger partial charge < -0.3 is 5.73 Å². The second-order valence-electron chi connectivity index (χ2n) is 5.91. The van der Waals surface area contributed by atoms with Crippen LogP contribution in [0.3, 0.4) is 0 Å². The van der Waals surface area contributed by atoms with Crippen LogP contribution in [0.1, 0.15) is 44.2 Å². The molecule has 0 saturated heterocycles. The zero-order valence-electron chi connectivity index (χ0n) is 12.3. The SMILES string of the molecule is CC1CCCCC1N(C)C(CN)c1cc(F)ccc1Br. The molecular formula is C16H24BrFN2. The minimum absolute atomic E-state index is 0.0608. The van der Waals surface area contributed by atoms with Crippen LogP contribution in [0.15, 0.2) is 22.7 Å². The maximum atomic E-state index is 13.5. The molecule has 0 aliphatic heterocycles. The van der Waals surface area contributed by atoms with Crippen LogP contribution in [0, 0.1) is 11.7 Å². The van der Waals surface area contributed by atoms with E-state index in [0.29, 0.717) is 18.5 Å². The molecule has 112 valence electrons. The summed E-state index contributed by atoms with van der Waals surface area (Å²) in [6.45, 7) is 2.82. The van der Waals surface area contributed by atoms with Crippen molar-refractivity contribution in [3.8, 4) is 0 Å². The summed E-state index contributed by atoms with van der Waals surface area (Å²) in [6.07, 6.45) is 5.08. The second kappa shape index (κ2) is 7.01. The van der Waals surface area contributed by atoms with Gasteiger partial charge in [0.1, 0.15) is 5.82 Å². The molecule has 3 unspecified atom stereocenters. The molecule has 0 heterocycles. The Labute approximate surface area is 129 Å². The van der Waals surface area contributed by atoms with Crippen LogP contribution >= 0.6 is 15.9 Å². The van der Waals surface area contributed by atoms with Gasteiger partial charge in [0.25, 0.3) is 0 Å². The molecule has 2 rings (SSSR count). The van der Waals surface area contributed by atoms with E-state index < -0.39 is 0 Å². The van der Waals surface area contributed by atoms with Crippen molar-refractivity contribution in [3.63, 3.8) is 0 Å². The Morgan fingerprint density at radius 3 is 2.75 bits per heavy atom. The van der Waals surface area contributed by atoms with Gasteiger partial charge in [-0.05, 0) is 49.6 Å². The van der Waals surface area contributed by atoms with Crippen LogP contribution in [0.2, 0.25) is 0 Å². The first-order valence-electron chi connectivity index (χ1n) is 7.41. The van der Waals surface area contributed by atoms with Gasteiger partial charge in [-0.15, -0.1) is 0 Å². The molecule has 0 aromatic heterocycles. The van der Waals surface area contributed by atoms with Gasteiger partial charge in [0.15, 0.2) is 0 Å². The summed E-state index contributed by atoms with van der Waals surface area (Å²) in [5.41, 5.74) is 6.94. The summed E-state index contributed by atoms with van der Waals surface area (Å²) in [5.74, 6) is 0.474. The molecule has 0 radical (unpaired) electrons. The molecule has 0 bridgehead atoms. The summed E-state index contributed by atoms with van der Waals surface area (Å²) in [7, 11) is 2.13. The van der Waals surface area contributed by atoms with Gasteiger partial charge >= 0.3 is 0 Å². The van der Waals surface area contributed by atoms with Gasteiger partial charge in [0.05, 0.1) is 0 Å². The molecule has 1 aromatic carbocycles. The summed E-state index contributed by atoms with van der Waals surface area (Å²) in [5, 5.41) is 0. The third-order valence-electron chi connectivity index (χ3n) is 4.62. The average Bonchev–Trinajstić information content (AvgIpc) is 2.44. The van der Waals surface area contributed by atoms with Gasteiger partial charge in [-0.2, -0.15) is 0 Å². The minimum Gasteiger partial charge on any atom is -0.329 e. The fourth-order valence-corrected chi connectivity index (χ4v) is 3.93. The zero-order chi connectivity index (χ0) is 14.7. The Hall–Kier alpha value is -0.450. The molecule has 1 aliphatic rings. The predicted octanol–water partition coefficient (Wildman–Crippen LogP) is 4.10. The lowest BCUT2D eigenvalue weighted by Crippen LogP contribution is -2.43. The fourth-order valence-electron chi connectivity index (χ4n) is 3.42. The number of hydrogen-bond donors (Lipinski definition) is 1. The van der Waals surface area contributed by atoms with E-state index in [-0.39, 0.29) is 11.9 Å². The van der Waals surface area contributed by atoms with E-state index in [9.17, 15) is 4.39 Å². The van der Waals surface area contributed by atoms with Crippen LogP contribution in [-0.2, 0) is 0 Å². The number of benzene rings is 1. The standard InChI is InChI=1S/C16H24BrFN2/c1-11-5-3-4-6-15(11)20(2)16(10-19)13-9-12(18)7-8-14(13)17/h7-9,11,15-16H,3-6,10,19H2,1-2H3. The number of likely N-dealkylation sites (N-methyl/N-ethyl adjacent to an activating group) is 1. The Bertz CT molecular complexity index is 452. The third-order valence-corrected chi connectivity index (χ3v) is 5.34. The van der Waals surface area contributed by atoms with Crippen LogP contribution in [0.5, 0.6) is 0 Å². The Balaban J connectivity index is 2.24. The normalized spacial score (nSPS) is 24.9. The molecule has 1 saturated carbocycles. The smallest absolute Gasteiger partial charge is 0.123 e. The lowest BCUT2D eigenvalue weighted by atomic mass is 9.84. The van der Waals surface area contributed by atoms with E-state index in [1.807, 2.05) is 0 Å². The van der Waals surface area contributed by atoms with E-state index in [0.717, 1.165) is 10.0 Å². The van der Waals surface area contributed by atoms with Crippen molar-refractivity contribution < 1.29 is 4.39 Å². The highest BCUT2D eigenvalue weighted by atomic mass is 79.9. The van der Waals surface area contributed by atoms with Crippen molar-refractivity contribution in [2.75, 3.05) is 13.6 Å². The number of nitrogens with zero attached hydrogens (tertiary/aromatic N) is 1. The molecule has 1 aromatic rings. The van der Waals surface area contributed by atoms with Crippen molar-refractivity contribution in [2.45, 2.75) is 44.7 Å². The molecule has 1 aliphatic carbocycles. The number of nitrogens with two attached hydrogens (primary N) is 1. The summed E-state index contributed by atoms with van der Waals surface area (Å²) >= 11 is 3.53. The molecule has 1 fully saturated rings. The van der Waals surface area contributed by atoms with Crippen LogP contribution in [0.25, 0.3) is 0 Å². The second-order valence-corrected chi connectivity index (χ2v) is 6.77. The topological polar surface area (TPSA) is 29.3 Å². The van der Waals surface area contributed by atoms with E-state index in [2.05, 4.69) is 34.8 Å². The van der Waals surface area contributed by atoms with E-state index in [1.54, 1.807) is 12.1 Å². The van der Waals surface area contributed by atoms with Gasteiger partial charge in [-0.25, -0.2) is 4.39 Å². The molecule has 3 atom stereocenters. The zero-order valence-corrected chi connectivity index (χ0v) is 13.9. The van der Waals surface area contributed by atoms with Gasteiger partial charge in [-0.1, -0.05) is 35.7 Å². The molecule has 2 N–H and O–H groups in total. The largest absolute Gasteiger partial charge is 0.329 e. The molecule has 0 spiro atoms. The van der Waals surface area contributed by atoms with Crippen LogP contribution < -0.4 is 5.73 Å². The van der Waals surface area contributed by atoms with Crippen molar-refractivity contribution in [2.24, 2.45) is 11.7 Å². The maximum Gasteiger partial charge on any atom is 0.123 e. The van der Waals surface area contributed by atoms with E-state index >= 15 is 0 Å². The van der Waals surface area contributed by atoms with E-state index in [4.69, 9.17) is 5.73 Å². The predicted molar refractivity (Wildman–Crippen MR) is 85.1 cm³/mol. The van der Waals surface area contributed by atoms with Crippen molar-refractivity contribution >= 4 is 15.9 Å². The van der Waals surface area contributed by atoms with Gasteiger partial charge in [0.2, 0.25) is 0 Å². The first kappa shape index (κ1) is 15.9. The highest BCUT2D eigenvalue weighted by molar-refractivity contribution is 9.10. The first-order valence-corrected chi connectivity index (χ1v) is 8.20. The Kier molecular flexibility index (Phi) is 5.58. The monoisotopic (exact) mass is 342 g/mol. The number of hydrogen-bond acceptors (Lipinski definition) is 2. The Morgan fingerprint density at radius 2 is 2.10 bits per heavy atom. The van der Waals surface area contributed by atoms with Gasteiger partial charge in [0, 0.05) is 23.1 Å². The highest BCUT2D eigenvalue weighted by Gasteiger charge is 2.30. The van der Waals surface area contributed by atoms with Crippen molar-refractivity contribution in [3.05, 3.63) is 34.1 Å². The summed E-state index contributed by atoms with van der Waals surface area (Å²) in [4.78, 5) is 2.35. The Morgan fingerprint density at radius 1 is 1.40 bits per heavy atom. The summed E-state index contributed by atoms with van der Waals surface area (Å²) in [6, 6.07) is 5.44. The lowest BCUT2D eigenvalue weighted by molar-refractivity contribution is 0.0988. The third kappa shape index (κ3) is 3.41. The number of halogens is 2. The molecule has 20 heavy (non-hydrogen) atoms. The lowest BCUT2D eigenvalue weighted by Gasteiger charge is -2.41. The molecule has 2 nitrogen and oxygen atoms in total. The average molecular weight is 343 g/mol. The van der Waals surface area contributed by atoms with Crippen molar-refractivity contribution in [1.82, 2.24) is 4.90 Å². The van der Waals surface area contributed by atoms with Crippen molar-refractivity contribution in [1.29, 1.82) is 0 Å². The van der Waals surface area contributed by atoms with Crippen LogP contribution in [0.4, 0.5) is 4.39 Å². The quantitative estimate of drug-likeness (QED) is 0.892. The molecule has 4 heteroatoms. The fraction of sp³-hybridized carbons (Fsp3) is 0.625. The van der Waals surface area contributed by atoms with Gasteiger partial charge in [-0.3, -0.25) is 4.90 Å². The minimum atomic E-state index is -0.202. The van der Waals surface area contributed by atoms with E-state index in [1.165, 1.54) is 31.7 Å².